The molecule has 5 N–H and O–H groups in total. The number of carbonyl (C=O) groups is 7. The van der Waals surface area contributed by atoms with Gasteiger partial charge in [-0.05, 0) is 39.0 Å². The number of hydrogen-bond acceptors (Lipinski definition) is 37. The van der Waals surface area contributed by atoms with Gasteiger partial charge in [-0.1, -0.05) is 34.8 Å². The molecule has 5 fully saturated rings. The number of nitrogens with one attached hydrogen (secondary N) is 5. The fraction of sp³-hybridized carbons (Fsp3) is 0.459. The van der Waals surface area contributed by atoms with E-state index >= 15 is 0 Å². The zero-order chi connectivity index (χ0) is 107. The second kappa shape index (κ2) is 58.1. The Morgan fingerprint density at radius 3 is 1.31 bits per heavy atom. The summed E-state index contributed by atoms with van der Waals surface area (Å²) in [7, 11) is 0. The average molecular weight is 2280 g/mol. The van der Waals surface area contributed by atoms with Crippen molar-refractivity contribution in [1.29, 1.82) is 0 Å². The molecule has 12 aromatic rings. The van der Waals surface area contributed by atoms with Gasteiger partial charge in [0, 0.05) is 148 Å². The Morgan fingerprint density at radius 2 is 0.871 bits per heavy atom. The molecule has 147 heavy (non-hydrogen) atoms. The standard InChI is InChI=1S/2C30H34ClF3N10O4S.C18H12ClF3N8O2S.C6H12ClNO.CH2O3.ClH.2K.2H2.H/c1-19(39-27(45)25-20-17-43(40-26(20)38-18-37-25)4-2-41-6-10-47-11-7-41)28-36-16-23(49-28)29(46)44(5-3-42-8-12-48-13-9-42)24-14-21(30(32,33)34)22(31)15-35-24;1-19(40-27(45)25-20-15-39-44(26(20)38-18-37-25)5-3-42-8-12-48-13-9-42)28-36-17-23(49-28)29(46)43(4-2-41-6-10-47-11-7-41)24-14-21(30(32,33)34)22(31)16-35-24;1-7(28-16(32)13-8-3-27-30-14(8)26-6-25-13)17-24-5-11(33-17)15(31)29-12-2-9(18(20,21)22)10(19)4-23-12;7-1-2-8-3-5-9-6-4-8;2-1-4-3;;;;;;/h14-19H,2-13H2,1H3,(H,39,45);14-19H,2-13H2,1H3,(H,40,45);2-7H,1H3,(H,28,32)(H,23,29,31)(H,25,26,27,30);1-6H2;1,3H;1H;;;2*1H;/q;;;;;;2*+1;;;-1/p-1/i;;;;;;;;2*1+1D;. The van der Waals surface area contributed by atoms with E-state index < -0.39 is 104 Å². The van der Waals surface area contributed by atoms with Crippen molar-refractivity contribution in [3.8, 4) is 0 Å². The van der Waals surface area contributed by atoms with Crippen LogP contribution in [0, 0.1) is 0 Å². The van der Waals surface area contributed by atoms with E-state index in [-0.39, 0.29) is 185 Å². The third-order valence-corrected chi connectivity index (χ3v) is 26.9. The number of hydrogen-bond donors (Lipinski definition) is 5. The van der Waals surface area contributed by atoms with Crippen LogP contribution < -0.4 is 139 Å². The average Bonchev–Trinajstić information content (AvgIpc) is 1.70. The van der Waals surface area contributed by atoms with Crippen LogP contribution in [0.25, 0.3) is 33.1 Å². The predicted octanol–water partition coefficient (Wildman–Crippen LogP) is 3.95. The van der Waals surface area contributed by atoms with Gasteiger partial charge in [-0.15, -0.1) is 58.0 Å². The number of rotatable bonds is 30. The van der Waals surface area contributed by atoms with E-state index in [4.69, 9.17) is 86.1 Å². The normalized spacial score (nSPS) is 15.7. The number of amides is 6. The molecule has 786 valence electrons. The minimum Gasteiger partial charge on any atom is -1.00 e. The maximum atomic E-state index is 13.8. The van der Waals surface area contributed by atoms with Gasteiger partial charge >= 0.3 is 121 Å². The summed E-state index contributed by atoms with van der Waals surface area (Å²) in [5.74, 6) is -3.30. The molecule has 5 aliphatic heterocycles. The first-order chi connectivity index (χ1) is 71.1. The van der Waals surface area contributed by atoms with Crippen molar-refractivity contribution in [2.75, 3.05) is 198 Å². The van der Waals surface area contributed by atoms with Gasteiger partial charge in [0.25, 0.3) is 41.9 Å². The first-order valence-corrected chi connectivity index (χ1v) is 48.5. The maximum Gasteiger partial charge on any atom is 1.00 e. The smallest absolute Gasteiger partial charge is 1.00 e. The number of thiazole rings is 3. The van der Waals surface area contributed by atoms with E-state index in [1.54, 1.807) is 42.5 Å². The molecule has 62 heteroatoms. The van der Waals surface area contributed by atoms with Gasteiger partial charge in [0.2, 0.25) is 0 Å². The van der Waals surface area contributed by atoms with Gasteiger partial charge in [-0.2, -0.15) is 54.8 Å². The third-order valence-electron chi connectivity index (χ3n) is 22.3. The topological polar surface area (TPSA) is 488 Å². The molecule has 6 amide bonds. The summed E-state index contributed by atoms with van der Waals surface area (Å²) in [6.07, 6.45) is 0.896. The van der Waals surface area contributed by atoms with Crippen molar-refractivity contribution >= 4 is 185 Å². The Balaban J connectivity index is 0.000000286. The zero-order valence-corrected chi connectivity index (χ0v) is 91.7. The molecule has 17 heterocycles. The van der Waals surface area contributed by atoms with Crippen LogP contribution in [0.2, 0.25) is 15.1 Å². The Labute approximate surface area is 962 Å². The molecule has 0 spiro atoms. The fourth-order valence-electron chi connectivity index (χ4n) is 14.7. The SMILES string of the molecule is CC(NC(=O)c1ncnc2[nH]ncc12)c1ncc(C(=O)Nc2cc(C(F)(F)F)c(Cl)cn2)s1.CC(NC(=O)c1ncnc2c1cnn2CCN1CCOCC1)c1ncc(C(=O)N(CCN2CCOCC2)c2cc(C(F)(F)F)c(Cl)cn2)s1.CC(NC(=O)c1ncnc2nn(CCN3CCOCC3)cc12)c1ncc(C(=O)N(CCN2CCOCC2)c2cc(C(F)(F)F)c(Cl)cn2)s1.Cl.ClCCN1CCOCC1.O=CO[O-].[2H][2H].[2H][2H].[H-].[K+].[K+]. The Kier molecular flexibility index (Phi) is 46.5. The van der Waals surface area contributed by atoms with Gasteiger partial charge in [0.05, 0.1) is 176 Å². The number of anilines is 3. The molecule has 5 aliphatic rings. The van der Waals surface area contributed by atoms with Crippen LogP contribution in [0.3, 0.4) is 0 Å². The molecule has 0 radical (unpaired) electrons. The van der Waals surface area contributed by atoms with Gasteiger partial charge in [0.15, 0.2) is 16.9 Å². The number of halogens is 14. The van der Waals surface area contributed by atoms with E-state index in [0.717, 1.165) is 143 Å². The molecule has 0 bridgehead atoms. The molecule has 0 saturated carbocycles. The molecular formula is C85H99Cl5F9K2N29O14S3. The molecule has 3 unspecified atom stereocenters. The molecule has 0 aliphatic carbocycles. The number of alkyl halides is 10. The van der Waals surface area contributed by atoms with E-state index in [1.807, 2.05) is 0 Å². The van der Waals surface area contributed by atoms with Crippen LogP contribution in [0.5, 0.6) is 0 Å². The molecule has 3 atom stereocenters. The number of pyridine rings is 3. The van der Waals surface area contributed by atoms with Crippen molar-refractivity contribution in [2.24, 2.45) is 0 Å². The molecule has 43 nitrogen and oxygen atoms in total. The Bertz CT molecular complexity index is 6220. The first kappa shape index (κ1) is 118. The van der Waals surface area contributed by atoms with Crippen molar-refractivity contribution in [1.82, 2.24) is 130 Å². The van der Waals surface area contributed by atoms with E-state index in [1.165, 1.54) is 53.6 Å². The first-order valence-electron chi connectivity index (χ1n) is 46.3. The van der Waals surface area contributed by atoms with E-state index in [2.05, 4.69) is 131 Å². The van der Waals surface area contributed by atoms with Crippen molar-refractivity contribution < 1.29 is 217 Å². The van der Waals surface area contributed by atoms with Crippen LogP contribution in [0.1, 0.15) is 138 Å². The quantitative estimate of drug-likeness (QED) is 0.0106. The van der Waals surface area contributed by atoms with Crippen LogP contribution in [-0.2, 0) is 65.0 Å². The summed E-state index contributed by atoms with van der Waals surface area (Å²) in [4.78, 5) is 154. The minimum atomic E-state index is -4.74. The van der Waals surface area contributed by atoms with E-state index in [9.17, 15) is 68.3 Å². The number of fused-ring (bicyclic) bond motifs is 3. The van der Waals surface area contributed by atoms with Crippen molar-refractivity contribution in [3.63, 3.8) is 0 Å². The van der Waals surface area contributed by atoms with Crippen LogP contribution in [0.4, 0.5) is 57.0 Å². The molecule has 0 aromatic carbocycles. The number of carbonyl (C=O) groups excluding carboxylic acids is 7. The molecule has 5 saturated heterocycles. The number of H-pyrrole nitrogens is 1. The number of ether oxygens (including phenoxy) is 5. The van der Waals surface area contributed by atoms with Crippen LogP contribution in [-0.4, -0.2) is 339 Å². The van der Waals surface area contributed by atoms with Gasteiger partial charge in [0.1, 0.15) is 83.2 Å². The van der Waals surface area contributed by atoms with Crippen LogP contribution >= 0.6 is 92.8 Å². The molecular weight excluding hydrogens is 2170 g/mol. The second-order valence-electron chi connectivity index (χ2n) is 31.9. The second-order valence-corrected chi connectivity index (χ2v) is 36.7. The number of morpholine rings is 5. The summed E-state index contributed by atoms with van der Waals surface area (Å²) in [5.41, 5.74) is -1.57. The zero-order valence-electron chi connectivity index (χ0n) is 84.2. The summed E-state index contributed by atoms with van der Waals surface area (Å²) >= 11 is 25.7. The van der Waals surface area contributed by atoms with Gasteiger partial charge in [-0.25, -0.2) is 64.5 Å². The summed E-state index contributed by atoms with van der Waals surface area (Å²) in [6.45, 7) is 24.1. The minimum absolute atomic E-state index is 0. The summed E-state index contributed by atoms with van der Waals surface area (Å²) < 4.78 is 171. The molecule has 12 aromatic heterocycles. The van der Waals surface area contributed by atoms with Crippen LogP contribution in [0.15, 0.2) is 93.0 Å². The Morgan fingerprint density at radius 1 is 0.490 bits per heavy atom. The Hall–Kier alpha value is -8.07. The van der Waals surface area contributed by atoms with Crippen molar-refractivity contribution in [3.05, 3.63) is 171 Å². The maximum absolute atomic E-state index is 13.8. The monoisotopic (exact) mass is 2270 g/mol. The van der Waals surface area contributed by atoms with Gasteiger partial charge < -0.3 is 56.5 Å². The third kappa shape index (κ3) is 34.2. The summed E-state index contributed by atoms with van der Waals surface area (Å²) in [6, 6.07) is 0.338. The fourth-order valence-corrected chi connectivity index (χ4v) is 18.1. The number of nitrogens with zero attached hydrogens (tertiary/aromatic N) is 24. The largest absolute Gasteiger partial charge is 1.00 e. The van der Waals surface area contributed by atoms with Gasteiger partial charge in [-0.3, -0.25) is 77.6 Å². The summed E-state index contributed by atoms with van der Waals surface area (Å²) in [5, 5.41) is 35.5. The number of aromatic nitrogens is 18. The number of aromatic amines is 1. The van der Waals surface area contributed by atoms with E-state index in [0.29, 0.717) is 159 Å². The molecule has 17 rings (SSSR count). The van der Waals surface area contributed by atoms with Crippen molar-refractivity contribution in [2.45, 2.75) is 70.5 Å². The predicted molar refractivity (Wildman–Crippen MR) is 517 cm³/mol.